The van der Waals surface area contributed by atoms with E-state index in [2.05, 4.69) is 59.7 Å². The molecule has 1 heterocycles. The number of hydrogen-bond acceptors (Lipinski definition) is 2. The van der Waals surface area contributed by atoms with Gasteiger partial charge in [0.2, 0.25) is 0 Å². The smallest absolute Gasteiger partial charge is 0.0372 e. The second-order valence-corrected chi connectivity index (χ2v) is 6.08. The molecule has 3 rings (SSSR count). The number of aryl methyl sites for hydroxylation is 1. The number of nitrogens with zero attached hydrogens (tertiary/aromatic N) is 1. The SMILES string of the molecule is CCCNC(c1ccc(C)nc1)C1CC1c1ccccc1. The monoisotopic (exact) mass is 280 g/mol. The summed E-state index contributed by atoms with van der Waals surface area (Å²) in [5.74, 6) is 1.39. The van der Waals surface area contributed by atoms with Crippen molar-refractivity contribution in [1.29, 1.82) is 0 Å². The first-order valence-electron chi connectivity index (χ1n) is 8.00. The Morgan fingerprint density at radius 3 is 2.67 bits per heavy atom. The van der Waals surface area contributed by atoms with Crippen molar-refractivity contribution in [2.45, 2.75) is 38.6 Å². The van der Waals surface area contributed by atoms with Gasteiger partial charge in [0.1, 0.15) is 0 Å². The fraction of sp³-hybridized carbons (Fsp3) is 0.421. The minimum atomic E-state index is 0.434. The van der Waals surface area contributed by atoms with Crippen LogP contribution in [0.4, 0.5) is 0 Å². The van der Waals surface area contributed by atoms with Gasteiger partial charge in [0.25, 0.3) is 0 Å². The Hall–Kier alpha value is -1.67. The lowest BCUT2D eigenvalue weighted by Gasteiger charge is -2.19. The van der Waals surface area contributed by atoms with Crippen LogP contribution < -0.4 is 5.32 Å². The van der Waals surface area contributed by atoms with E-state index in [9.17, 15) is 0 Å². The van der Waals surface area contributed by atoms with Crippen LogP contribution in [0, 0.1) is 12.8 Å². The summed E-state index contributed by atoms with van der Waals surface area (Å²) in [6.45, 7) is 5.33. The standard InChI is InChI=1S/C19H24N2/c1-3-11-20-19(16-10-9-14(2)21-13-16)18-12-17(18)15-7-5-4-6-8-15/h4-10,13,17-20H,3,11-12H2,1-2H3. The summed E-state index contributed by atoms with van der Waals surface area (Å²) in [4.78, 5) is 4.48. The highest BCUT2D eigenvalue weighted by Gasteiger charge is 2.44. The van der Waals surface area contributed by atoms with Crippen LogP contribution in [0.25, 0.3) is 0 Å². The third-order valence-corrected chi connectivity index (χ3v) is 4.40. The lowest BCUT2D eigenvalue weighted by molar-refractivity contribution is 0.472. The van der Waals surface area contributed by atoms with Gasteiger partial charge in [-0.15, -0.1) is 0 Å². The van der Waals surface area contributed by atoms with Gasteiger partial charge in [-0.1, -0.05) is 43.3 Å². The normalized spacial score (nSPS) is 22.0. The lowest BCUT2D eigenvalue weighted by Crippen LogP contribution is -2.24. The molecular formula is C19H24N2. The van der Waals surface area contributed by atoms with Crippen LogP contribution in [0.3, 0.4) is 0 Å². The highest BCUT2D eigenvalue weighted by Crippen LogP contribution is 2.53. The zero-order chi connectivity index (χ0) is 14.7. The molecule has 110 valence electrons. The van der Waals surface area contributed by atoms with Gasteiger partial charge in [-0.3, -0.25) is 4.98 Å². The first-order valence-corrected chi connectivity index (χ1v) is 8.00. The molecule has 0 radical (unpaired) electrons. The van der Waals surface area contributed by atoms with Crippen molar-refractivity contribution in [3.05, 3.63) is 65.5 Å². The van der Waals surface area contributed by atoms with Crippen molar-refractivity contribution >= 4 is 0 Å². The molecule has 0 amide bonds. The Morgan fingerprint density at radius 1 is 1.19 bits per heavy atom. The first kappa shape index (κ1) is 14.3. The average molecular weight is 280 g/mol. The van der Waals surface area contributed by atoms with E-state index < -0.39 is 0 Å². The van der Waals surface area contributed by atoms with Gasteiger partial charge in [0, 0.05) is 17.9 Å². The molecule has 0 saturated heterocycles. The lowest BCUT2D eigenvalue weighted by atomic mass is 9.99. The predicted octanol–water partition coefficient (Wildman–Crippen LogP) is 4.23. The zero-order valence-electron chi connectivity index (χ0n) is 12.9. The highest BCUT2D eigenvalue weighted by atomic mass is 14.9. The van der Waals surface area contributed by atoms with Gasteiger partial charge in [0.15, 0.2) is 0 Å². The Kier molecular flexibility index (Phi) is 4.35. The third kappa shape index (κ3) is 3.33. The van der Waals surface area contributed by atoms with Crippen molar-refractivity contribution in [3.8, 4) is 0 Å². The molecule has 0 aliphatic heterocycles. The van der Waals surface area contributed by atoms with Crippen LogP contribution in [0.1, 0.15) is 48.5 Å². The second kappa shape index (κ2) is 6.40. The van der Waals surface area contributed by atoms with E-state index in [0.717, 1.165) is 12.2 Å². The molecule has 2 aromatic rings. The average Bonchev–Trinajstić information content (AvgIpc) is 3.31. The number of benzene rings is 1. The van der Waals surface area contributed by atoms with Crippen molar-refractivity contribution in [2.75, 3.05) is 6.54 Å². The molecule has 2 nitrogen and oxygen atoms in total. The van der Waals surface area contributed by atoms with Gasteiger partial charge in [0.05, 0.1) is 0 Å². The molecule has 1 aromatic heterocycles. The van der Waals surface area contributed by atoms with E-state index in [-0.39, 0.29) is 0 Å². The molecule has 1 aliphatic rings. The minimum absolute atomic E-state index is 0.434. The maximum atomic E-state index is 4.48. The van der Waals surface area contributed by atoms with Crippen LogP contribution in [0.15, 0.2) is 48.7 Å². The first-order chi connectivity index (χ1) is 10.3. The molecule has 0 bridgehead atoms. The summed E-state index contributed by atoms with van der Waals surface area (Å²) in [5, 5.41) is 3.73. The summed E-state index contributed by atoms with van der Waals surface area (Å²) in [6.07, 6.45) is 4.49. The third-order valence-electron chi connectivity index (χ3n) is 4.40. The Morgan fingerprint density at radius 2 is 2.00 bits per heavy atom. The molecule has 0 spiro atoms. The number of pyridine rings is 1. The number of aromatic nitrogens is 1. The minimum Gasteiger partial charge on any atom is -0.310 e. The molecule has 1 saturated carbocycles. The summed E-state index contributed by atoms with van der Waals surface area (Å²) < 4.78 is 0. The van der Waals surface area contributed by atoms with Crippen molar-refractivity contribution < 1.29 is 0 Å². The summed E-state index contributed by atoms with van der Waals surface area (Å²) in [7, 11) is 0. The molecule has 21 heavy (non-hydrogen) atoms. The van der Waals surface area contributed by atoms with E-state index in [1.165, 1.54) is 24.0 Å². The van der Waals surface area contributed by atoms with Crippen LogP contribution in [-0.4, -0.2) is 11.5 Å². The van der Waals surface area contributed by atoms with Gasteiger partial charge in [-0.25, -0.2) is 0 Å². The van der Waals surface area contributed by atoms with Crippen LogP contribution in [-0.2, 0) is 0 Å². The largest absolute Gasteiger partial charge is 0.310 e. The second-order valence-electron chi connectivity index (χ2n) is 6.08. The van der Waals surface area contributed by atoms with Gasteiger partial charge < -0.3 is 5.32 Å². The maximum Gasteiger partial charge on any atom is 0.0372 e. The van der Waals surface area contributed by atoms with E-state index >= 15 is 0 Å². The summed E-state index contributed by atoms with van der Waals surface area (Å²) in [5.41, 5.74) is 3.90. The number of hydrogen-bond donors (Lipinski definition) is 1. The molecule has 3 atom stereocenters. The van der Waals surface area contributed by atoms with Crippen LogP contribution in [0.5, 0.6) is 0 Å². The highest BCUT2D eigenvalue weighted by molar-refractivity contribution is 5.30. The van der Waals surface area contributed by atoms with Crippen molar-refractivity contribution in [3.63, 3.8) is 0 Å². The van der Waals surface area contributed by atoms with E-state index in [0.29, 0.717) is 17.9 Å². The van der Waals surface area contributed by atoms with E-state index in [1.807, 2.05) is 13.1 Å². The summed E-state index contributed by atoms with van der Waals surface area (Å²) in [6, 6.07) is 15.7. The molecule has 2 heteroatoms. The van der Waals surface area contributed by atoms with E-state index in [1.54, 1.807) is 0 Å². The molecule has 1 aliphatic carbocycles. The Balaban J connectivity index is 1.76. The Labute approximate surface area is 127 Å². The van der Waals surface area contributed by atoms with Crippen molar-refractivity contribution in [2.24, 2.45) is 5.92 Å². The zero-order valence-corrected chi connectivity index (χ0v) is 12.9. The quantitative estimate of drug-likeness (QED) is 0.856. The molecular weight excluding hydrogens is 256 g/mol. The van der Waals surface area contributed by atoms with Crippen LogP contribution in [0.2, 0.25) is 0 Å². The number of nitrogens with one attached hydrogen (secondary N) is 1. The molecule has 1 aromatic carbocycles. The van der Waals surface area contributed by atoms with Gasteiger partial charge in [-0.05, 0) is 55.3 Å². The number of rotatable bonds is 6. The topological polar surface area (TPSA) is 24.9 Å². The van der Waals surface area contributed by atoms with Gasteiger partial charge >= 0.3 is 0 Å². The Bertz CT molecular complexity index is 562. The fourth-order valence-corrected chi connectivity index (χ4v) is 3.15. The van der Waals surface area contributed by atoms with Crippen molar-refractivity contribution in [1.82, 2.24) is 10.3 Å². The fourth-order valence-electron chi connectivity index (χ4n) is 3.15. The van der Waals surface area contributed by atoms with Gasteiger partial charge in [-0.2, -0.15) is 0 Å². The molecule has 1 N–H and O–H groups in total. The summed E-state index contributed by atoms with van der Waals surface area (Å²) >= 11 is 0. The molecule has 1 fully saturated rings. The predicted molar refractivity (Wildman–Crippen MR) is 87.3 cm³/mol. The maximum absolute atomic E-state index is 4.48. The molecule has 3 unspecified atom stereocenters. The van der Waals surface area contributed by atoms with Crippen LogP contribution >= 0.6 is 0 Å². The van der Waals surface area contributed by atoms with E-state index in [4.69, 9.17) is 0 Å².